The van der Waals surface area contributed by atoms with E-state index in [0.717, 1.165) is 12.0 Å². The Morgan fingerprint density at radius 1 is 1.08 bits per heavy atom. The lowest BCUT2D eigenvalue weighted by molar-refractivity contribution is 0.0697. The first-order valence-electron chi connectivity index (χ1n) is 8.55. The molecule has 6 heteroatoms. The van der Waals surface area contributed by atoms with Crippen LogP contribution in [0.3, 0.4) is 0 Å². The van der Waals surface area contributed by atoms with Crippen molar-refractivity contribution in [1.29, 1.82) is 0 Å². The molecule has 0 aliphatic rings. The van der Waals surface area contributed by atoms with Gasteiger partial charge in [0.2, 0.25) is 0 Å². The van der Waals surface area contributed by atoms with Gasteiger partial charge in [-0.3, -0.25) is 0 Å². The van der Waals surface area contributed by atoms with Gasteiger partial charge in [-0.25, -0.2) is 17.2 Å². The molecule has 0 unspecified atom stereocenters. The number of aryl methyl sites for hydroxylation is 1. The van der Waals surface area contributed by atoms with Gasteiger partial charge in [-0.15, -0.1) is 0 Å². The fourth-order valence-corrected chi connectivity index (χ4v) is 4.75. The maximum atomic E-state index is 13.3. The van der Waals surface area contributed by atoms with E-state index in [-0.39, 0.29) is 10.5 Å². The minimum Gasteiger partial charge on any atom is -0.478 e. The molecule has 1 heterocycles. The largest absolute Gasteiger partial charge is 0.478 e. The van der Waals surface area contributed by atoms with Crippen molar-refractivity contribution in [3.05, 3.63) is 65.4 Å². The summed E-state index contributed by atoms with van der Waals surface area (Å²) in [6, 6.07) is 13.4. The molecule has 0 spiro atoms. The van der Waals surface area contributed by atoms with Crippen molar-refractivity contribution >= 4 is 26.9 Å². The molecular formula is C20H21NO4S. The van der Waals surface area contributed by atoms with E-state index in [1.165, 1.54) is 3.97 Å². The first-order valence-corrected chi connectivity index (χ1v) is 9.99. The number of fused-ring (bicyclic) bond motifs is 1. The second-order valence-electron chi connectivity index (χ2n) is 6.33. The number of carboxylic acids is 1. The van der Waals surface area contributed by atoms with Crippen molar-refractivity contribution in [3.8, 4) is 0 Å². The molecule has 2 aromatic carbocycles. The summed E-state index contributed by atoms with van der Waals surface area (Å²) in [6.07, 6.45) is 1.93. The summed E-state index contributed by atoms with van der Waals surface area (Å²) in [7, 11) is -3.90. The topological polar surface area (TPSA) is 76.4 Å². The summed E-state index contributed by atoms with van der Waals surface area (Å²) in [5, 5.41) is 10.2. The highest BCUT2D eigenvalue weighted by Gasteiger charge is 2.29. The third-order valence-corrected chi connectivity index (χ3v) is 6.23. The van der Waals surface area contributed by atoms with E-state index in [1.54, 1.807) is 48.5 Å². The summed E-state index contributed by atoms with van der Waals surface area (Å²) in [4.78, 5) is 12.1. The zero-order chi connectivity index (χ0) is 18.9. The standard InChI is InChI=1S/C20H21NO4S/c1-3-4-8-18-19(20(22)23)16-7-5-6-9-17(16)21(18)26(24,25)15-12-10-14(2)11-13-15/h5-7,9-13H,3-4,8H2,1-2H3,(H,22,23). The predicted octanol–water partition coefficient (Wildman–Crippen LogP) is 4.23. The van der Waals surface area contributed by atoms with Crippen LogP contribution in [0.5, 0.6) is 0 Å². The van der Waals surface area contributed by atoms with E-state index in [0.29, 0.717) is 29.4 Å². The Bertz CT molecular complexity index is 1060. The summed E-state index contributed by atoms with van der Waals surface area (Å²) in [6.45, 7) is 3.87. The van der Waals surface area contributed by atoms with Crippen LogP contribution in [0.4, 0.5) is 0 Å². The molecule has 1 aromatic heterocycles. The Balaban J connectivity index is 2.37. The van der Waals surface area contributed by atoms with Gasteiger partial charge in [-0.05, 0) is 38.0 Å². The molecule has 0 aliphatic heterocycles. The number of benzene rings is 2. The summed E-state index contributed by atoms with van der Waals surface area (Å²) in [5.74, 6) is -1.11. The van der Waals surface area contributed by atoms with E-state index in [9.17, 15) is 18.3 Å². The number of hydrogen-bond acceptors (Lipinski definition) is 3. The van der Waals surface area contributed by atoms with Gasteiger partial charge in [0.25, 0.3) is 10.0 Å². The second-order valence-corrected chi connectivity index (χ2v) is 8.12. The average Bonchev–Trinajstić information content (AvgIpc) is 2.95. The van der Waals surface area contributed by atoms with E-state index in [1.807, 2.05) is 13.8 Å². The molecule has 0 radical (unpaired) electrons. The fourth-order valence-electron chi connectivity index (χ4n) is 3.16. The number of carboxylic acid groups (broad SMARTS) is 1. The lowest BCUT2D eigenvalue weighted by Crippen LogP contribution is -2.17. The highest BCUT2D eigenvalue weighted by atomic mass is 32.2. The van der Waals surface area contributed by atoms with Gasteiger partial charge in [-0.1, -0.05) is 49.2 Å². The van der Waals surface area contributed by atoms with Crippen molar-refractivity contribution in [2.45, 2.75) is 38.0 Å². The van der Waals surface area contributed by atoms with Gasteiger partial charge in [0.05, 0.1) is 21.7 Å². The van der Waals surface area contributed by atoms with Gasteiger partial charge < -0.3 is 5.11 Å². The van der Waals surface area contributed by atoms with Crippen molar-refractivity contribution in [2.24, 2.45) is 0 Å². The van der Waals surface area contributed by atoms with Crippen molar-refractivity contribution in [3.63, 3.8) is 0 Å². The average molecular weight is 371 g/mol. The van der Waals surface area contributed by atoms with Gasteiger partial charge in [-0.2, -0.15) is 0 Å². The number of aromatic nitrogens is 1. The Morgan fingerprint density at radius 2 is 1.73 bits per heavy atom. The van der Waals surface area contributed by atoms with E-state index >= 15 is 0 Å². The van der Waals surface area contributed by atoms with Gasteiger partial charge in [0.1, 0.15) is 0 Å². The molecule has 5 nitrogen and oxygen atoms in total. The maximum absolute atomic E-state index is 13.3. The van der Waals surface area contributed by atoms with Crippen LogP contribution >= 0.6 is 0 Å². The first kappa shape index (κ1) is 18.2. The third-order valence-electron chi connectivity index (χ3n) is 4.47. The molecule has 0 fully saturated rings. The molecular weight excluding hydrogens is 350 g/mol. The quantitative estimate of drug-likeness (QED) is 0.703. The molecule has 136 valence electrons. The minimum atomic E-state index is -3.90. The normalized spacial score (nSPS) is 11.8. The van der Waals surface area contributed by atoms with Crippen LogP contribution < -0.4 is 0 Å². The Labute approximate surface area is 152 Å². The Kier molecular flexibility index (Phi) is 4.87. The lowest BCUT2D eigenvalue weighted by atomic mass is 10.1. The predicted molar refractivity (Wildman–Crippen MR) is 101 cm³/mol. The number of unbranched alkanes of at least 4 members (excludes halogenated alkanes) is 1. The molecule has 26 heavy (non-hydrogen) atoms. The lowest BCUT2D eigenvalue weighted by Gasteiger charge is -2.12. The Morgan fingerprint density at radius 3 is 2.35 bits per heavy atom. The SMILES string of the molecule is CCCCc1c(C(=O)O)c2ccccc2n1S(=O)(=O)c1ccc(C)cc1. The molecule has 0 saturated carbocycles. The molecule has 1 N–H and O–H groups in total. The van der Waals surface area contributed by atoms with Crippen LogP contribution in [-0.4, -0.2) is 23.5 Å². The van der Waals surface area contributed by atoms with Crippen molar-refractivity contribution in [2.75, 3.05) is 0 Å². The van der Waals surface area contributed by atoms with E-state index in [2.05, 4.69) is 0 Å². The van der Waals surface area contributed by atoms with Crippen LogP contribution in [0.25, 0.3) is 10.9 Å². The number of rotatable bonds is 6. The molecule has 0 bridgehead atoms. The van der Waals surface area contributed by atoms with Crippen LogP contribution in [0.15, 0.2) is 53.4 Å². The summed E-state index contributed by atoms with van der Waals surface area (Å²) < 4.78 is 27.9. The number of para-hydroxylation sites is 1. The monoisotopic (exact) mass is 371 g/mol. The summed E-state index contributed by atoms with van der Waals surface area (Å²) >= 11 is 0. The van der Waals surface area contributed by atoms with Gasteiger partial charge in [0.15, 0.2) is 0 Å². The number of carbonyl (C=O) groups is 1. The minimum absolute atomic E-state index is 0.0738. The van der Waals surface area contributed by atoms with Crippen LogP contribution in [0, 0.1) is 6.92 Å². The molecule has 0 atom stereocenters. The van der Waals surface area contributed by atoms with Crippen molar-refractivity contribution < 1.29 is 18.3 Å². The highest BCUT2D eigenvalue weighted by molar-refractivity contribution is 7.90. The van der Waals surface area contributed by atoms with Gasteiger partial charge in [0, 0.05) is 5.39 Å². The van der Waals surface area contributed by atoms with Crippen molar-refractivity contribution in [1.82, 2.24) is 3.97 Å². The third kappa shape index (κ3) is 3.01. The molecule has 0 aliphatic carbocycles. The summed E-state index contributed by atoms with van der Waals surface area (Å²) in [5.41, 5.74) is 1.76. The number of aromatic carboxylic acids is 1. The zero-order valence-electron chi connectivity index (χ0n) is 14.8. The smallest absolute Gasteiger partial charge is 0.338 e. The van der Waals surface area contributed by atoms with Gasteiger partial charge >= 0.3 is 5.97 Å². The van der Waals surface area contributed by atoms with E-state index in [4.69, 9.17) is 0 Å². The highest BCUT2D eigenvalue weighted by Crippen LogP contribution is 2.31. The molecule has 0 amide bonds. The van der Waals surface area contributed by atoms with E-state index < -0.39 is 16.0 Å². The molecule has 0 saturated heterocycles. The number of nitrogens with zero attached hydrogens (tertiary/aromatic N) is 1. The van der Waals surface area contributed by atoms with Crippen LogP contribution in [-0.2, 0) is 16.4 Å². The van der Waals surface area contributed by atoms with Crippen LogP contribution in [0.2, 0.25) is 0 Å². The number of hydrogen-bond donors (Lipinski definition) is 1. The first-order chi connectivity index (χ1) is 12.4. The fraction of sp³-hybridized carbons (Fsp3) is 0.250. The molecule has 3 rings (SSSR count). The zero-order valence-corrected chi connectivity index (χ0v) is 15.6. The maximum Gasteiger partial charge on any atom is 0.338 e. The molecule has 3 aromatic rings. The Hall–Kier alpha value is -2.60. The van der Waals surface area contributed by atoms with Crippen LogP contribution in [0.1, 0.15) is 41.4 Å². The second kappa shape index (κ2) is 6.96.